The van der Waals surface area contributed by atoms with Crippen molar-refractivity contribution in [2.45, 2.75) is 81.8 Å². The van der Waals surface area contributed by atoms with Gasteiger partial charge in [0.1, 0.15) is 5.78 Å². The zero-order valence-corrected chi connectivity index (χ0v) is 21.2. The summed E-state index contributed by atoms with van der Waals surface area (Å²) in [4.78, 5) is 13.1. The fourth-order valence-corrected chi connectivity index (χ4v) is 7.56. The van der Waals surface area contributed by atoms with Gasteiger partial charge in [0.25, 0.3) is 0 Å². The molecular weight excluding hydrogens is 446 g/mol. The summed E-state index contributed by atoms with van der Waals surface area (Å²) in [7, 11) is -6.61. The quantitative estimate of drug-likeness (QED) is 0.585. The van der Waals surface area contributed by atoms with Gasteiger partial charge in [-0.15, -0.1) is 0 Å². The Bertz CT molecular complexity index is 993. The molecule has 0 bridgehead atoms. The summed E-state index contributed by atoms with van der Waals surface area (Å²) in [6.07, 6.45) is 6.14. The zero-order chi connectivity index (χ0) is 23.6. The van der Waals surface area contributed by atoms with Crippen LogP contribution in [-0.4, -0.2) is 50.5 Å². The fraction of sp³-hybridized carbons (Fsp3) is 0.708. The average Bonchev–Trinajstić information content (AvgIpc) is 2.74. The van der Waals surface area contributed by atoms with E-state index in [0.29, 0.717) is 19.5 Å². The molecule has 0 aromatic heterocycles. The smallest absolute Gasteiger partial charge is 0.243 e. The van der Waals surface area contributed by atoms with Gasteiger partial charge in [0.2, 0.25) is 10.0 Å². The number of hydrogen-bond donors (Lipinski definition) is 0. The predicted molar refractivity (Wildman–Crippen MR) is 127 cm³/mol. The molecule has 0 amide bonds. The van der Waals surface area contributed by atoms with E-state index in [2.05, 4.69) is 0 Å². The van der Waals surface area contributed by atoms with Crippen molar-refractivity contribution >= 4 is 25.6 Å². The molecule has 1 aliphatic heterocycles. The molecule has 0 unspecified atom stereocenters. The third-order valence-corrected chi connectivity index (χ3v) is 11.6. The third kappa shape index (κ3) is 6.00. The van der Waals surface area contributed by atoms with E-state index in [-0.39, 0.29) is 28.3 Å². The first-order valence-corrected chi connectivity index (χ1v) is 14.8. The standard InChI is InChI=1S/C24H37NO5S2/c1-24(2,3)31(27,28)18-20-7-11-21(12-8-20)23(26)17-19-9-13-22(14-10-19)32(29,30)25-15-5-4-6-16-25/h9-10,13-14,20-21H,4-8,11-12,15-18H2,1-3H3. The molecule has 1 aromatic rings. The SMILES string of the molecule is CC(C)(C)S(=O)(=O)CC1CCC(C(=O)Cc2ccc(S(=O)(=O)N3CCCCC3)cc2)CC1. The number of ketones is 1. The number of Topliss-reactive ketones (excluding diaryl/α,β-unsaturated/α-hetero) is 1. The summed E-state index contributed by atoms with van der Waals surface area (Å²) in [5.41, 5.74) is 0.824. The first-order valence-electron chi connectivity index (χ1n) is 11.7. The maximum atomic E-state index is 12.8. The second-order valence-electron chi connectivity index (χ2n) is 10.4. The van der Waals surface area contributed by atoms with Gasteiger partial charge in [-0.05, 0) is 82.9 Å². The van der Waals surface area contributed by atoms with Gasteiger partial charge in [0.15, 0.2) is 9.84 Å². The molecule has 1 aliphatic carbocycles. The summed E-state index contributed by atoms with van der Waals surface area (Å²) in [5, 5.41) is 0. The normalized spacial score (nSPS) is 23.7. The molecule has 3 rings (SSSR count). The van der Waals surface area contributed by atoms with Crippen molar-refractivity contribution in [3.05, 3.63) is 29.8 Å². The highest BCUT2D eigenvalue weighted by Crippen LogP contribution is 2.33. The van der Waals surface area contributed by atoms with E-state index >= 15 is 0 Å². The van der Waals surface area contributed by atoms with Crippen LogP contribution in [0.15, 0.2) is 29.2 Å². The number of carbonyl (C=O) groups excluding carboxylic acids is 1. The number of hydrogen-bond acceptors (Lipinski definition) is 5. The monoisotopic (exact) mass is 483 g/mol. The minimum atomic E-state index is -3.46. The number of carbonyl (C=O) groups is 1. The van der Waals surface area contributed by atoms with Gasteiger partial charge >= 0.3 is 0 Å². The highest BCUT2D eigenvalue weighted by Gasteiger charge is 2.34. The van der Waals surface area contributed by atoms with Crippen LogP contribution >= 0.6 is 0 Å². The van der Waals surface area contributed by atoms with E-state index in [9.17, 15) is 21.6 Å². The number of benzene rings is 1. The number of rotatable bonds is 7. The Morgan fingerprint density at radius 2 is 1.47 bits per heavy atom. The van der Waals surface area contributed by atoms with E-state index in [1.54, 1.807) is 49.3 Å². The minimum Gasteiger partial charge on any atom is -0.299 e. The molecule has 1 saturated carbocycles. The summed E-state index contributed by atoms with van der Waals surface area (Å²) in [6, 6.07) is 6.72. The van der Waals surface area contributed by atoms with E-state index in [1.165, 1.54) is 0 Å². The average molecular weight is 484 g/mol. The summed E-state index contributed by atoms with van der Waals surface area (Å²) in [5.74, 6) is 0.446. The largest absolute Gasteiger partial charge is 0.299 e. The van der Waals surface area contributed by atoms with Crippen molar-refractivity contribution in [2.24, 2.45) is 11.8 Å². The van der Waals surface area contributed by atoms with Crippen molar-refractivity contribution < 1.29 is 21.6 Å². The molecule has 8 heteroatoms. The van der Waals surface area contributed by atoms with Crippen molar-refractivity contribution in [1.82, 2.24) is 4.31 Å². The third-order valence-electron chi connectivity index (χ3n) is 6.94. The molecule has 32 heavy (non-hydrogen) atoms. The van der Waals surface area contributed by atoms with Crippen molar-refractivity contribution in [1.29, 1.82) is 0 Å². The Labute approximate surface area is 193 Å². The van der Waals surface area contributed by atoms with Gasteiger partial charge in [-0.2, -0.15) is 4.31 Å². The number of nitrogens with zero attached hydrogens (tertiary/aromatic N) is 1. The van der Waals surface area contributed by atoms with E-state index < -0.39 is 24.6 Å². The fourth-order valence-electron chi connectivity index (χ4n) is 4.59. The second kappa shape index (κ2) is 9.94. The van der Waals surface area contributed by atoms with Crippen molar-refractivity contribution in [2.75, 3.05) is 18.8 Å². The summed E-state index contributed by atoms with van der Waals surface area (Å²) in [6.45, 7) is 6.35. The van der Waals surface area contributed by atoms with Gasteiger partial charge in [-0.25, -0.2) is 16.8 Å². The van der Waals surface area contributed by atoms with Crippen LogP contribution in [0.1, 0.15) is 71.3 Å². The molecule has 0 spiro atoms. The summed E-state index contributed by atoms with van der Waals surface area (Å²) >= 11 is 0. The number of piperidine rings is 1. The molecule has 0 radical (unpaired) electrons. The lowest BCUT2D eigenvalue weighted by Gasteiger charge is -2.30. The zero-order valence-electron chi connectivity index (χ0n) is 19.5. The van der Waals surface area contributed by atoms with Crippen LogP contribution in [-0.2, 0) is 31.1 Å². The molecule has 1 saturated heterocycles. The lowest BCUT2D eigenvalue weighted by molar-refractivity contribution is -0.123. The van der Waals surface area contributed by atoms with Gasteiger partial charge in [-0.3, -0.25) is 4.79 Å². The van der Waals surface area contributed by atoms with Gasteiger partial charge in [0, 0.05) is 25.4 Å². The van der Waals surface area contributed by atoms with Crippen LogP contribution in [0.4, 0.5) is 0 Å². The van der Waals surface area contributed by atoms with Crippen LogP contribution in [0, 0.1) is 11.8 Å². The minimum absolute atomic E-state index is 0.0413. The molecule has 2 aliphatic rings. The van der Waals surface area contributed by atoms with Crippen LogP contribution in [0.5, 0.6) is 0 Å². The molecule has 1 aromatic carbocycles. The Morgan fingerprint density at radius 3 is 2.00 bits per heavy atom. The van der Waals surface area contributed by atoms with E-state index in [4.69, 9.17) is 0 Å². The maximum Gasteiger partial charge on any atom is 0.243 e. The Morgan fingerprint density at radius 1 is 0.906 bits per heavy atom. The molecule has 0 N–H and O–H groups in total. The number of sulfonamides is 1. The van der Waals surface area contributed by atoms with Crippen molar-refractivity contribution in [3.8, 4) is 0 Å². The van der Waals surface area contributed by atoms with Gasteiger partial charge < -0.3 is 0 Å². The molecule has 2 fully saturated rings. The molecule has 1 heterocycles. The van der Waals surface area contributed by atoms with Gasteiger partial charge in [0.05, 0.1) is 15.4 Å². The lowest BCUT2D eigenvalue weighted by Crippen LogP contribution is -2.35. The van der Waals surface area contributed by atoms with Crippen molar-refractivity contribution in [3.63, 3.8) is 0 Å². The van der Waals surface area contributed by atoms with Gasteiger partial charge in [-0.1, -0.05) is 18.6 Å². The Balaban J connectivity index is 1.53. The molecule has 0 atom stereocenters. The molecule has 180 valence electrons. The highest BCUT2D eigenvalue weighted by molar-refractivity contribution is 7.92. The molecular formula is C24H37NO5S2. The number of sulfone groups is 1. The van der Waals surface area contributed by atoms with E-state index in [1.807, 2.05) is 0 Å². The van der Waals surface area contributed by atoms with Crippen LogP contribution in [0.3, 0.4) is 0 Å². The Hall–Kier alpha value is -1.25. The second-order valence-corrected chi connectivity index (χ2v) is 15.1. The first-order chi connectivity index (χ1) is 14.9. The summed E-state index contributed by atoms with van der Waals surface area (Å²) < 4.78 is 51.3. The Kier molecular flexibility index (Phi) is 7.88. The lowest BCUT2D eigenvalue weighted by atomic mass is 9.79. The van der Waals surface area contributed by atoms with Crippen LogP contribution in [0.2, 0.25) is 0 Å². The predicted octanol–water partition coefficient (Wildman–Crippen LogP) is 3.99. The highest BCUT2D eigenvalue weighted by atomic mass is 32.2. The van der Waals surface area contributed by atoms with E-state index in [0.717, 1.165) is 50.5 Å². The first kappa shape index (κ1) is 25.4. The molecule has 6 nitrogen and oxygen atoms in total. The topological polar surface area (TPSA) is 88.6 Å². The van der Waals surface area contributed by atoms with Crippen LogP contribution in [0.25, 0.3) is 0 Å². The van der Waals surface area contributed by atoms with Crippen LogP contribution < -0.4 is 0 Å². The maximum absolute atomic E-state index is 12.8.